The number of nitrogens with one attached hydrogen (secondary N) is 1. The summed E-state index contributed by atoms with van der Waals surface area (Å²) in [5.74, 6) is -0.435. The van der Waals surface area contributed by atoms with Gasteiger partial charge in [0.15, 0.2) is 0 Å². The zero-order chi connectivity index (χ0) is 22.9. The molecule has 2 atom stereocenters. The quantitative estimate of drug-likeness (QED) is 0.583. The largest absolute Gasteiger partial charge is 0.454 e. The Morgan fingerprint density at radius 1 is 1.12 bits per heavy atom. The lowest BCUT2D eigenvalue weighted by Gasteiger charge is -2.34. The summed E-state index contributed by atoms with van der Waals surface area (Å²) in [7, 11) is -3.70. The number of aromatic amines is 1. The first-order valence-electron chi connectivity index (χ1n) is 10.1. The number of hydrogen-bond donors (Lipinski definition) is 1. The summed E-state index contributed by atoms with van der Waals surface area (Å²) < 4.78 is 38.1. The molecule has 0 bridgehead atoms. The van der Waals surface area contributed by atoms with Gasteiger partial charge in [-0.2, -0.15) is 4.31 Å². The number of morpholine rings is 1. The van der Waals surface area contributed by atoms with Crippen LogP contribution in [0.15, 0.2) is 58.2 Å². The van der Waals surface area contributed by atoms with E-state index in [1.54, 1.807) is 24.3 Å². The number of sulfonamides is 1. The Hall–Kier alpha value is -3.08. The van der Waals surface area contributed by atoms with Gasteiger partial charge in [0.25, 0.3) is 5.56 Å². The standard InChI is InChI=1S/C22H23N3O6S/c1-14-11-25(12-15(2)31-14)32(28,29)17-9-7-16(8-10-17)22(27)30-13-20-23-19-6-4-3-5-18(19)21(26)24-20/h3-10,14-15H,11-13H2,1-2H3,(H,23,24,26)/t14-,15-/m1/s1. The van der Waals surface area contributed by atoms with Gasteiger partial charge in [0.1, 0.15) is 12.4 Å². The van der Waals surface area contributed by atoms with E-state index < -0.39 is 16.0 Å². The third-order valence-electron chi connectivity index (χ3n) is 5.12. The molecule has 168 valence electrons. The van der Waals surface area contributed by atoms with Crippen LogP contribution in [0.25, 0.3) is 10.9 Å². The lowest BCUT2D eigenvalue weighted by molar-refractivity contribution is -0.0440. The van der Waals surface area contributed by atoms with E-state index in [1.165, 1.54) is 28.6 Å². The van der Waals surface area contributed by atoms with Crippen LogP contribution in [0.3, 0.4) is 0 Å². The van der Waals surface area contributed by atoms with Crippen LogP contribution in [0.1, 0.15) is 30.0 Å². The van der Waals surface area contributed by atoms with E-state index in [0.29, 0.717) is 10.9 Å². The Kier molecular flexibility index (Phi) is 6.09. The second-order valence-electron chi connectivity index (χ2n) is 7.71. The Bertz CT molecular complexity index is 1290. The molecule has 0 radical (unpaired) electrons. The first kappa shape index (κ1) is 22.1. The van der Waals surface area contributed by atoms with Crippen LogP contribution in [-0.2, 0) is 26.1 Å². The summed E-state index contributed by atoms with van der Waals surface area (Å²) in [5, 5.41) is 0.448. The van der Waals surface area contributed by atoms with Gasteiger partial charge in [-0.05, 0) is 50.2 Å². The number of ether oxygens (including phenoxy) is 2. The van der Waals surface area contributed by atoms with Crippen LogP contribution in [0.5, 0.6) is 0 Å². The lowest BCUT2D eigenvalue weighted by atomic mass is 10.2. The summed E-state index contributed by atoms with van der Waals surface area (Å²) in [6.07, 6.45) is -0.393. The fourth-order valence-electron chi connectivity index (χ4n) is 3.66. The first-order chi connectivity index (χ1) is 15.2. The van der Waals surface area contributed by atoms with Gasteiger partial charge in [-0.1, -0.05) is 12.1 Å². The van der Waals surface area contributed by atoms with Gasteiger partial charge in [-0.15, -0.1) is 0 Å². The molecule has 2 aromatic carbocycles. The van der Waals surface area contributed by atoms with Gasteiger partial charge in [0.05, 0.1) is 33.6 Å². The number of nitrogens with zero attached hydrogens (tertiary/aromatic N) is 2. The zero-order valence-corrected chi connectivity index (χ0v) is 18.5. The molecular formula is C22H23N3O6S. The van der Waals surface area contributed by atoms with Gasteiger partial charge >= 0.3 is 5.97 Å². The molecule has 1 saturated heterocycles. The molecule has 1 aliphatic heterocycles. The van der Waals surface area contributed by atoms with Gasteiger partial charge in [-0.25, -0.2) is 18.2 Å². The second kappa shape index (κ2) is 8.81. The van der Waals surface area contributed by atoms with Crippen molar-refractivity contribution in [3.63, 3.8) is 0 Å². The third kappa shape index (κ3) is 4.57. The lowest BCUT2D eigenvalue weighted by Crippen LogP contribution is -2.48. The van der Waals surface area contributed by atoms with Crippen molar-refractivity contribution >= 4 is 26.9 Å². The molecule has 0 spiro atoms. The minimum atomic E-state index is -3.70. The van der Waals surface area contributed by atoms with Crippen molar-refractivity contribution < 1.29 is 22.7 Å². The number of benzene rings is 2. The molecule has 32 heavy (non-hydrogen) atoms. The van der Waals surface area contributed by atoms with Crippen molar-refractivity contribution in [3.05, 3.63) is 70.3 Å². The predicted octanol–water partition coefficient (Wildman–Crippen LogP) is 2.08. The number of esters is 1. The summed E-state index contributed by atoms with van der Waals surface area (Å²) >= 11 is 0. The average molecular weight is 458 g/mol. The van der Waals surface area contributed by atoms with Crippen LogP contribution in [0, 0.1) is 0 Å². The Morgan fingerprint density at radius 3 is 2.47 bits per heavy atom. The minimum absolute atomic E-state index is 0.0934. The number of para-hydroxylation sites is 1. The second-order valence-corrected chi connectivity index (χ2v) is 9.65. The van der Waals surface area contributed by atoms with E-state index in [9.17, 15) is 18.0 Å². The molecule has 0 unspecified atom stereocenters. The van der Waals surface area contributed by atoms with Gasteiger partial charge in [-0.3, -0.25) is 4.79 Å². The molecule has 1 fully saturated rings. The van der Waals surface area contributed by atoms with Crippen LogP contribution < -0.4 is 5.56 Å². The van der Waals surface area contributed by atoms with Crippen molar-refractivity contribution in [1.82, 2.24) is 14.3 Å². The molecule has 1 aromatic heterocycles. The third-order valence-corrected chi connectivity index (χ3v) is 6.96. The van der Waals surface area contributed by atoms with E-state index in [1.807, 2.05) is 13.8 Å². The van der Waals surface area contributed by atoms with E-state index in [-0.39, 0.29) is 53.7 Å². The topological polar surface area (TPSA) is 119 Å². The fraction of sp³-hybridized carbons (Fsp3) is 0.318. The molecule has 0 saturated carbocycles. The van der Waals surface area contributed by atoms with Crippen molar-refractivity contribution in [2.45, 2.75) is 37.6 Å². The number of aromatic nitrogens is 2. The maximum Gasteiger partial charge on any atom is 0.338 e. The van der Waals surface area contributed by atoms with Crippen LogP contribution in [-0.4, -0.2) is 54.0 Å². The summed E-state index contributed by atoms with van der Waals surface area (Å²) in [4.78, 5) is 31.5. The number of carbonyl (C=O) groups excluding carboxylic acids is 1. The molecule has 0 aliphatic carbocycles. The Balaban J connectivity index is 1.45. The number of carbonyl (C=O) groups is 1. The molecule has 2 heterocycles. The van der Waals surface area contributed by atoms with Crippen molar-refractivity contribution in [2.24, 2.45) is 0 Å². The van der Waals surface area contributed by atoms with Crippen LogP contribution in [0.2, 0.25) is 0 Å². The van der Waals surface area contributed by atoms with E-state index >= 15 is 0 Å². The highest BCUT2D eigenvalue weighted by Crippen LogP contribution is 2.21. The van der Waals surface area contributed by atoms with Crippen molar-refractivity contribution in [1.29, 1.82) is 0 Å². The van der Waals surface area contributed by atoms with Crippen LogP contribution in [0.4, 0.5) is 0 Å². The van der Waals surface area contributed by atoms with Gasteiger partial charge in [0.2, 0.25) is 10.0 Å². The Morgan fingerprint density at radius 2 is 1.78 bits per heavy atom. The maximum atomic E-state index is 12.9. The summed E-state index contributed by atoms with van der Waals surface area (Å²) in [6, 6.07) is 12.4. The predicted molar refractivity (Wildman–Crippen MR) is 117 cm³/mol. The van der Waals surface area contributed by atoms with Gasteiger partial charge < -0.3 is 14.5 Å². The van der Waals surface area contributed by atoms with E-state index in [4.69, 9.17) is 9.47 Å². The minimum Gasteiger partial charge on any atom is -0.454 e. The van der Waals surface area contributed by atoms with Crippen molar-refractivity contribution in [3.8, 4) is 0 Å². The molecule has 3 aromatic rings. The number of hydrogen-bond acceptors (Lipinski definition) is 7. The average Bonchev–Trinajstić information content (AvgIpc) is 2.77. The van der Waals surface area contributed by atoms with Crippen molar-refractivity contribution in [2.75, 3.05) is 13.1 Å². The highest BCUT2D eigenvalue weighted by Gasteiger charge is 2.32. The first-order valence-corrected chi connectivity index (χ1v) is 11.6. The van der Waals surface area contributed by atoms with Gasteiger partial charge in [0, 0.05) is 13.1 Å². The summed E-state index contributed by atoms with van der Waals surface area (Å²) in [6.45, 7) is 3.98. The molecule has 9 nitrogen and oxygen atoms in total. The monoisotopic (exact) mass is 457 g/mol. The molecule has 10 heteroatoms. The smallest absolute Gasteiger partial charge is 0.338 e. The number of rotatable bonds is 5. The normalized spacial score (nSPS) is 19.7. The molecule has 0 amide bonds. The highest BCUT2D eigenvalue weighted by atomic mass is 32.2. The number of fused-ring (bicyclic) bond motifs is 1. The number of H-pyrrole nitrogens is 1. The Labute approximate surface area is 185 Å². The molecule has 1 aliphatic rings. The maximum absolute atomic E-state index is 12.9. The van der Waals surface area contributed by atoms with E-state index in [2.05, 4.69) is 9.97 Å². The van der Waals surface area contributed by atoms with Crippen LogP contribution >= 0.6 is 0 Å². The summed E-state index contributed by atoms with van der Waals surface area (Å²) in [5.41, 5.74) is 0.377. The molecular weight excluding hydrogens is 434 g/mol. The SMILES string of the molecule is C[C@@H]1CN(S(=O)(=O)c2ccc(C(=O)OCc3nc4ccccc4c(=O)[nH]3)cc2)C[C@@H](C)O1. The highest BCUT2D eigenvalue weighted by molar-refractivity contribution is 7.89. The zero-order valence-electron chi connectivity index (χ0n) is 17.6. The molecule has 4 rings (SSSR count). The molecule has 1 N–H and O–H groups in total. The fourth-order valence-corrected chi connectivity index (χ4v) is 5.25. The van der Waals surface area contributed by atoms with E-state index in [0.717, 1.165) is 0 Å².